The number of carbonyl (C=O) groups is 1. The summed E-state index contributed by atoms with van der Waals surface area (Å²) in [7, 11) is -2.47. The van der Waals surface area contributed by atoms with Gasteiger partial charge >= 0.3 is 0 Å². The number of amides is 1. The molecule has 152 valence electrons. The zero-order valence-electron chi connectivity index (χ0n) is 16.2. The van der Waals surface area contributed by atoms with Crippen LogP contribution in [0.1, 0.15) is 11.3 Å². The molecule has 8 nitrogen and oxygen atoms in total. The number of aromatic nitrogens is 1. The van der Waals surface area contributed by atoms with Gasteiger partial charge in [0.1, 0.15) is 18.1 Å². The number of hydrogen-bond donors (Lipinski definition) is 1. The first-order valence-electron chi connectivity index (χ1n) is 8.76. The molecule has 0 unspecified atom stereocenters. The van der Waals surface area contributed by atoms with Crippen molar-refractivity contribution in [3.8, 4) is 5.75 Å². The number of carbonyl (C=O) groups excluding carboxylic acids is 1. The summed E-state index contributed by atoms with van der Waals surface area (Å²) in [6.07, 6.45) is 0. The van der Waals surface area contributed by atoms with E-state index < -0.39 is 22.5 Å². The molecule has 0 radical (unpaired) electrons. The second-order valence-electron chi connectivity index (χ2n) is 6.39. The summed E-state index contributed by atoms with van der Waals surface area (Å²) in [5, 5.41) is 6.24. The van der Waals surface area contributed by atoms with Crippen LogP contribution in [-0.2, 0) is 14.8 Å². The van der Waals surface area contributed by atoms with Crippen LogP contribution in [0.4, 0.5) is 11.5 Å². The van der Waals surface area contributed by atoms with Crippen molar-refractivity contribution in [2.75, 3.05) is 23.3 Å². The molecular formula is C20H21N3O5S. The molecular weight excluding hydrogens is 394 g/mol. The number of benzene rings is 2. The summed E-state index contributed by atoms with van der Waals surface area (Å²) in [5.41, 5.74) is 1.26. The Kier molecular flexibility index (Phi) is 5.88. The Balaban J connectivity index is 1.94. The summed E-state index contributed by atoms with van der Waals surface area (Å²) < 4.78 is 37.6. The Bertz CT molecular complexity index is 1090. The molecule has 0 spiro atoms. The van der Waals surface area contributed by atoms with E-state index in [9.17, 15) is 13.2 Å². The van der Waals surface area contributed by atoms with Crippen LogP contribution >= 0.6 is 0 Å². The van der Waals surface area contributed by atoms with Gasteiger partial charge in [0.25, 0.3) is 10.0 Å². The van der Waals surface area contributed by atoms with Crippen LogP contribution in [0.5, 0.6) is 5.75 Å². The van der Waals surface area contributed by atoms with Gasteiger partial charge in [-0.3, -0.25) is 9.10 Å². The zero-order chi connectivity index (χ0) is 21.0. The Morgan fingerprint density at radius 2 is 1.76 bits per heavy atom. The van der Waals surface area contributed by atoms with Crippen LogP contribution in [0.3, 0.4) is 0 Å². The van der Waals surface area contributed by atoms with Crippen LogP contribution < -0.4 is 14.4 Å². The maximum Gasteiger partial charge on any atom is 0.264 e. The van der Waals surface area contributed by atoms with Gasteiger partial charge in [0.15, 0.2) is 5.82 Å². The molecule has 9 heteroatoms. The fraction of sp³-hybridized carbons (Fsp3) is 0.200. The van der Waals surface area contributed by atoms with Crippen molar-refractivity contribution in [1.82, 2.24) is 5.16 Å². The quantitative estimate of drug-likeness (QED) is 0.636. The first-order valence-corrected chi connectivity index (χ1v) is 10.2. The molecule has 1 N–H and O–H groups in total. The summed E-state index contributed by atoms with van der Waals surface area (Å²) >= 11 is 0. The van der Waals surface area contributed by atoms with Gasteiger partial charge in [-0.2, -0.15) is 0 Å². The molecule has 3 aromatic rings. The first kappa shape index (κ1) is 20.4. The molecule has 0 atom stereocenters. The minimum absolute atomic E-state index is 0.0870. The van der Waals surface area contributed by atoms with Crippen LogP contribution in [0.2, 0.25) is 0 Å². The van der Waals surface area contributed by atoms with E-state index in [1.54, 1.807) is 49.4 Å². The van der Waals surface area contributed by atoms with E-state index in [-0.39, 0.29) is 10.7 Å². The van der Waals surface area contributed by atoms with E-state index in [0.29, 0.717) is 17.2 Å². The second-order valence-corrected chi connectivity index (χ2v) is 8.26. The van der Waals surface area contributed by atoms with Crippen LogP contribution in [0.25, 0.3) is 0 Å². The fourth-order valence-corrected chi connectivity index (χ4v) is 4.06. The van der Waals surface area contributed by atoms with E-state index in [1.807, 2.05) is 6.92 Å². The standard InChI is InChI=1S/C20H21N3O5S/c1-14-4-10-18(11-5-14)29(25,26)23(16-6-8-17(27-3)9-7-16)13-20(24)21-19-12-15(2)28-22-19/h4-12H,13H2,1-3H3,(H,21,22,24). The number of sulfonamides is 1. The molecule has 2 aromatic carbocycles. The lowest BCUT2D eigenvalue weighted by molar-refractivity contribution is -0.114. The van der Waals surface area contributed by atoms with Crippen LogP contribution in [0, 0.1) is 13.8 Å². The van der Waals surface area contributed by atoms with Crippen LogP contribution in [0.15, 0.2) is 64.0 Å². The van der Waals surface area contributed by atoms with E-state index in [0.717, 1.165) is 9.87 Å². The van der Waals surface area contributed by atoms with Gasteiger partial charge < -0.3 is 14.6 Å². The van der Waals surface area contributed by atoms with Crippen LogP contribution in [-0.4, -0.2) is 33.1 Å². The number of rotatable bonds is 7. The van der Waals surface area contributed by atoms with Gasteiger partial charge in [-0.15, -0.1) is 0 Å². The Hall–Kier alpha value is -3.33. The second kappa shape index (κ2) is 8.36. The van der Waals surface area contributed by atoms with E-state index in [4.69, 9.17) is 9.26 Å². The third-order valence-electron chi connectivity index (χ3n) is 4.15. The van der Waals surface area contributed by atoms with E-state index >= 15 is 0 Å². The third kappa shape index (κ3) is 4.75. The van der Waals surface area contributed by atoms with Gasteiger partial charge in [0, 0.05) is 6.07 Å². The largest absolute Gasteiger partial charge is 0.497 e. The number of ether oxygens (including phenoxy) is 1. The molecule has 0 fully saturated rings. The predicted octanol–water partition coefficient (Wildman–Crippen LogP) is 3.13. The molecule has 3 rings (SSSR count). The van der Waals surface area contributed by atoms with Gasteiger partial charge in [-0.1, -0.05) is 22.9 Å². The highest BCUT2D eigenvalue weighted by molar-refractivity contribution is 7.92. The highest BCUT2D eigenvalue weighted by atomic mass is 32.2. The molecule has 0 aliphatic rings. The molecule has 1 amide bonds. The van der Waals surface area contributed by atoms with Crippen molar-refractivity contribution in [3.63, 3.8) is 0 Å². The predicted molar refractivity (Wildman–Crippen MR) is 109 cm³/mol. The molecule has 1 heterocycles. The number of aryl methyl sites for hydroxylation is 2. The van der Waals surface area contributed by atoms with Gasteiger partial charge in [-0.25, -0.2) is 8.42 Å². The Labute approximate surface area is 169 Å². The minimum atomic E-state index is -3.98. The lowest BCUT2D eigenvalue weighted by Crippen LogP contribution is -2.38. The van der Waals surface area contributed by atoms with Crippen molar-refractivity contribution in [2.24, 2.45) is 0 Å². The monoisotopic (exact) mass is 415 g/mol. The number of methoxy groups -OCH3 is 1. The van der Waals surface area contributed by atoms with Crippen molar-refractivity contribution >= 4 is 27.4 Å². The highest BCUT2D eigenvalue weighted by Crippen LogP contribution is 2.26. The Morgan fingerprint density at radius 3 is 2.31 bits per heavy atom. The molecule has 0 aliphatic carbocycles. The fourth-order valence-electron chi connectivity index (χ4n) is 2.64. The summed E-state index contributed by atoms with van der Waals surface area (Å²) in [6.45, 7) is 3.12. The SMILES string of the molecule is COc1ccc(N(CC(=O)Nc2cc(C)on2)S(=O)(=O)c2ccc(C)cc2)cc1. The summed E-state index contributed by atoms with van der Waals surface area (Å²) in [5.74, 6) is 0.767. The number of anilines is 2. The average Bonchev–Trinajstić information content (AvgIpc) is 3.11. The lowest BCUT2D eigenvalue weighted by atomic mass is 10.2. The number of hydrogen-bond acceptors (Lipinski definition) is 6. The maximum atomic E-state index is 13.3. The van der Waals surface area contributed by atoms with E-state index in [1.165, 1.54) is 19.2 Å². The topological polar surface area (TPSA) is 102 Å². The lowest BCUT2D eigenvalue weighted by Gasteiger charge is -2.24. The zero-order valence-corrected chi connectivity index (χ0v) is 17.1. The maximum absolute atomic E-state index is 13.3. The molecule has 1 aromatic heterocycles. The number of nitrogens with zero attached hydrogens (tertiary/aromatic N) is 2. The van der Waals surface area contributed by atoms with Gasteiger partial charge in [-0.05, 0) is 50.2 Å². The minimum Gasteiger partial charge on any atom is -0.497 e. The normalized spacial score (nSPS) is 11.1. The van der Waals surface area contributed by atoms with Gasteiger partial charge in [0.2, 0.25) is 5.91 Å². The average molecular weight is 415 g/mol. The van der Waals surface area contributed by atoms with E-state index in [2.05, 4.69) is 10.5 Å². The van der Waals surface area contributed by atoms with Crippen molar-refractivity contribution in [1.29, 1.82) is 0 Å². The van der Waals surface area contributed by atoms with Gasteiger partial charge in [0.05, 0.1) is 17.7 Å². The molecule has 0 aliphatic heterocycles. The molecule has 29 heavy (non-hydrogen) atoms. The highest BCUT2D eigenvalue weighted by Gasteiger charge is 2.27. The van der Waals surface area contributed by atoms with Crippen molar-refractivity contribution < 1.29 is 22.5 Å². The Morgan fingerprint density at radius 1 is 1.10 bits per heavy atom. The summed E-state index contributed by atoms with van der Waals surface area (Å²) in [4.78, 5) is 12.6. The molecule has 0 saturated heterocycles. The molecule has 0 bridgehead atoms. The smallest absolute Gasteiger partial charge is 0.264 e. The third-order valence-corrected chi connectivity index (χ3v) is 5.94. The number of nitrogens with one attached hydrogen (secondary N) is 1. The first-order chi connectivity index (χ1) is 13.8. The summed E-state index contributed by atoms with van der Waals surface area (Å²) in [6, 6.07) is 14.4. The molecule has 0 saturated carbocycles. The van der Waals surface area contributed by atoms with Crippen molar-refractivity contribution in [2.45, 2.75) is 18.7 Å². The van der Waals surface area contributed by atoms with Crippen molar-refractivity contribution in [3.05, 3.63) is 65.9 Å².